The van der Waals surface area contributed by atoms with Crippen LogP contribution in [0.1, 0.15) is 79.3 Å². The first-order valence-corrected chi connectivity index (χ1v) is 15.6. The van der Waals surface area contributed by atoms with Gasteiger partial charge in [-0.1, -0.05) is 30.7 Å². The first-order chi connectivity index (χ1) is 21.2. The van der Waals surface area contributed by atoms with Crippen LogP contribution < -0.4 is 0 Å². The number of rotatable bonds is 6. The summed E-state index contributed by atoms with van der Waals surface area (Å²) >= 11 is 0. The Morgan fingerprint density at radius 3 is 2.47 bits per heavy atom. The molecule has 0 spiro atoms. The minimum atomic E-state index is -5.90. The van der Waals surface area contributed by atoms with Gasteiger partial charge in [-0.15, -0.1) is 0 Å². The number of nitrogens with zero attached hydrogens (tertiary/aromatic N) is 2. The Kier molecular flexibility index (Phi) is 7.82. The first kappa shape index (κ1) is 31.6. The monoisotopic (exact) mass is 628 g/mol. The number of fused-ring (bicyclic) bond motifs is 4. The fourth-order valence-corrected chi connectivity index (χ4v) is 8.74. The molecule has 5 nitrogen and oxygen atoms in total. The van der Waals surface area contributed by atoms with Crippen LogP contribution in [0.2, 0.25) is 0 Å². The van der Waals surface area contributed by atoms with Crippen molar-refractivity contribution in [1.29, 1.82) is 0 Å². The standard InChI is InChI=1S/C35H37F5N2O3/c1-32-19-28(22-5-7-23(8-6-22)31(44)42(2)17-14-21-4-3-16-41-20-21)30-26-12-10-25(43)18-24(26)9-11-27(30)29(32)13-15-33(32,45)34(36,37)35(38,39)40/h3-8,16,18,20,27-29,45H,9-15,17,19H2,1-2H3/t27-,28+,29-,32-,33-/m0/s1. The maximum Gasteiger partial charge on any atom is 0.456 e. The normalized spacial score (nSPS) is 29.9. The molecule has 0 radical (unpaired) electrons. The highest BCUT2D eigenvalue weighted by atomic mass is 19.4. The van der Waals surface area contributed by atoms with Gasteiger partial charge < -0.3 is 10.0 Å². The maximum atomic E-state index is 15.2. The number of halogens is 5. The lowest BCUT2D eigenvalue weighted by Gasteiger charge is -2.56. The molecule has 4 aliphatic rings. The molecule has 10 heteroatoms. The van der Waals surface area contributed by atoms with E-state index in [2.05, 4.69) is 4.98 Å². The summed E-state index contributed by atoms with van der Waals surface area (Å²) in [7, 11) is 1.70. The first-order valence-electron chi connectivity index (χ1n) is 15.6. The van der Waals surface area contributed by atoms with E-state index in [1.807, 2.05) is 12.1 Å². The number of aliphatic hydroxyl groups is 1. The van der Waals surface area contributed by atoms with E-state index >= 15 is 8.78 Å². The molecule has 2 aromatic rings. The van der Waals surface area contributed by atoms with E-state index in [1.54, 1.807) is 54.7 Å². The number of benzene rings is 1. The van der Waals surface area contributed by atoms with Crippen molar-refractivity contribution in [2.45, 2.75) is 81.9 Å². The van der Waals surface area contributed by atoms with Crippen LogP contribution in [0, 0.1) is 17.3 Å². The van der Waals surface area contributed by atoms with Crippen LogP contribution in [-0.2, 0) is 11.2 Å². The quantitative estimate of drug-likeness (QED) is 0.343. The Labute approximate surface area is 259 Å². The van der Waals surface area contributed by atoms with Gasteiger partial charge in [-0.25, -0.2) is 0 Å². The van der Waals surface area contributed by atoms with Crippen LogP contribution in [0.3, 0.4) is 0 Å². The Morgan fingerprint density at radius 2 is 1.80 bits per heavy atom. The van der Waals surface area contributed by atoms with E-state index in [9.17, 15) is 27.9 Å². The van der Waals surface area contributed by atoms with Gasteiger partial charge in [-0.05, 0) is 103 Å². The summed E-state index contributed by atoms with van der Waals surface area (Å²) in [5.74, 6) is -6.88. The van der Waals surface area contributed by atoms with Crippen LogP contribution in [0.5, 0.6) is 0 Å². The highest BCUT2D eigenvalue weighted by molar-refractivity contribution is 5.94. The molecule has 1 amide bonds. The highest BCUT2D eigenvalue weighted by Gasteiger charge is 2.79. The summed E-state index contributed by atoms with van der Waals surface area (Å²) in [5, 5.41) is 11.4. The molecule has 1 aromatic carbocycles. The number of alkyl halides is 5. The molecule has 45 heavy (non-hydrogen) atoms. The van der Waals surface area contributed by atoms with Crippen molar-refractivity contribution in [2.75, 3.05) is 13.6 Å². The second kappa shape index (κ2) is 11.1. The minimum Gasteiger partial charge on any atom is -0.383 e. The fraction of sp³-hybridized carbons (Fsp3) is 0.514. The van der Waals surface area contributed by atoms with Crippen LogP contribution in [0.15, 0.2) is 71.6 Å². The molecule has 6 rings (SSSR count). The number of carbonyl (C=O) groups is 2. The molecule has 4 aliphatic carbocycles. The van der Waals surface area contributed by atoms with Crippen molar-refractivity contribution >= 4 is 11.7 Å². The van der Waals surface area contributed by atoms with Gasteiger partial charge in [0.05, 0.1) is 0 Å². The third-order valence-electron chi connectivity index (χ3n) is 11.1. The van der Waals surface area contributed by atoms with Gasteiger partial charge in [-0.2, -0.15) is 22.0 Å². The van der Waals surface area contributed by atoms with Crippen molar-refractivity contribution in [3.05, 3.63) is 88.3 Å². The third-order valence-corrected chi connectivity index (χ3v) is 11.1. The molecule has 2 fully saturated rings. The lowest BCUT2D eigenvalue weighted by Crippen LogP contribution is -2.65. The molecule has 0 bridgehead atoms. The van der Waals surface area contributed by atoms with Crippen LogP contribution in [0.4, 0.5) is 22.0 Å². The predicted molar refractivity (Wildman–Crippen MR) is 158 cm³/mol. The number of ketones is 1. The van der Waals surface area contributed by atoms with E-state index in [0.29, 0.717) is 49.8 Å². The van der Waals surface area contributed by atoms with Gasteiger partial charge in [0.2, 0.25) is 0 Å². The summed E-state index contributed by atoms with van der Waals surface area (Å²) in [6.45, 7) is 1.87. The molecule has 5 atom stereocenters. The van der Waals surface area contributed by atoms with Gasteiger partial charge in [0.15, 0.2) is 5.78 Å². The number of hydrogen-bond acceptors (Lipinski definition) is 4. The van der Waals surface area contributed by atoms with Crippen molar-refractivity contribution in [2.24, 2.45) is 17.3 Å². The van der Waals surface area contributed by atoms with Crippen LogP contribution in [0.25, 0.3) is 0 Å². The third kappa shape index (κ3) is 5.04. The number of hydrogen-bond donors (Lipinski definition) is 1. The molecule has 1 N–H and O–H groups in total. The minimum absolute atomic E-state index is 0.0283. The highest BCUT2D eigenvalue weighted by Crippen LogP contribution is 2.70. The van der Waals surface area contributed by atoms with Gasteiger partial charge in [-0.3, -0.25) is 14.6 Å². The smallest absolute Gasteiger partial charge is 0.383 e. The van der Waals surface area contributed by atoms with Crippen molar-refractivity contribution < 1.29 is 36.6 Å². The van der Waals surface area contributed by atoms with E-state index in [1.165, 1.54) is 6.92 Å². The molecule has 0 aliphatic heterocycles. The Hall–Kier alpha value is -3.40. The molecular formula is C35H37F5N2O3. The number of carbonyl (C=O) groups excluding carboxylic acids is 2. The topological polar surface area (TPSA) is 70.5 Å². The van der Waals surface area contributed by atoms with E-state index in [0.717, 1.165) is 22.3 Å². The Morgan fingerprint density at radius 1 is 1.07 bits per heavy atom. The number of allylic oxidation sites excluding steroid dienone is 4. The summed E-state index contributed by atoms with van der Waals surface area (Å²) in [6, 6.07) is 10.6. The molecule has 1 heterocycles. The van der Waals surface area contributed by atoms with Gasteiger partial charge in [0.1, 0.15) is 5.60 Å². The fourth-order valence-electron chi connectivity index (χ4n) is 8.74. The van der Waals surface area contributed by atoms with Crippen LogP contribution in [-0.4, -0.2) is 58.0 Å². The van der Waals surface area contributed by atoms with Gasteiger partial charge >= 0.3 is 12.1 Å². The lowest BCUT2D eigenvalue weighted by atomic mass is 9.50. The molecule has 0 saturated heterocycles. The molecule has 2 saturated carbocycles. The van der Waals surface area contributed by atoms with E-state index < -0.39 is 41.4 Å². The number of aromatic nitrogens is 1. The van der Waals surface area contributed by atoms with E-state index in [4.69, 9.17) is 0 Å². The largest absolute Gasteiger partial charge is 0.456 e. The number of amides is 1. The molecule has 240 valence electrons. The summed E-state index contributed by atoms with van der Waals surface area (Å²) < 4.78 is 71.8. The predicted octanol–water partition coefficient (Wildman–Crippen LogP) is 7.22. The zero-order valence-corrected chi connectivity index (χ0v) is 25.3. The maximum absolute atomic E-state index is 15.2. The van der Waals surface area contributed by atoms with Crippen molar-refractivity contribution in [3.63, 3.8) is 0 Å². The van der Waals surface area contributed by atoms with Crippen LogP contribution >= 0.6 is 0 Å². The van der Waals surface area contributed by atoms with Gasteiger partial charge in [0.25, 0.3) is 5.91 Å². The lowest BCUT2D eigenvalue weighted by molar-refractivity contribution is -0.362. The number of likely N-dealkylation sites (N-methyl/N-ethyl adjacent to an activating group) is 1. The number of pyridine rings is 1. The zero-order valence-electron chi connectivity index (χ0n) is 25.3. The second-order valence-electron chi connectivity index (χ2n) is 13.4. The van der Waals surface area contributed by atoms with Gasteiger partial charge in [0, 0.05) is 49.3 Å². The summed E-state index contributed by atoms with van der Waals surface area (Å²) in [4.78, 5) is 31.2. The second-order valence-corrected chi connectivity index (χ2v) is 13.4. The summed E-state index contributed by atoms with van der Waals surface area (Å²) in [6.07, 6.45) is 0.986. The molecule has 0 unspecified atom stereocenters. The molecular weight excluding hydrogens is 591 g/mol. The van der Waals surface area contributed by atoms with Crippen molar-refractivity contribution in [3.8, 4) is 0 Å². The Bertz CT molecular complexity index is 1550. The zero-order chi connectivity index (χ0) is 32.4. The van der Waals surface area contributed by atoms with Crippen molar-refractivity contribution in [1.82, 2.24) is 9.88 Å². The van der Waals surface area contributed by atoms with E-state index in [-0.39, 0.29) is 30.4 Å². The Balaban J connectivity index is 1.36. The average molecular weight is 629 g/mol. The average Bonchev–Trinajstić information content (AvgIpc) is 3.30. The molecule has 1 aromatic heterocycles. The SMILES string of the molecule is CN(CCc1cccnc1)C(=O)c1ccc([C@H]2C[C@@]3(C)[C@@H](CC[C@@]3(O)C(F)(F)C(F)(F)F)[C@@H]3CCC4=CC(=O)CCC4=C32)cc1. The summed E-state index contributed by atoms with van der Waals surface area (Å²) in [5.41, 5.74) is 0.0486.